The molecule has 1 atom stereocenters. The maximum Gasteiger partial charge on any atom is 0.274 e. The zero-order valence-corrected chi connectivity index (χ0v) is 23.6. The van der Waals surface area contributed by atoms with Crippen LogP contribution in [0.25, 0.3) is 22.0 Å². The highest BCUT2D eigenvalue weighted by Crippen LogP contribution is 2.31. The van der Waals surface area contributed by atoms with Crippen LogP contribution in [0.1, 0.15) is 25.0 Å². The first-order chi connectivity index (χ1) is 19.3. The lowest BCUT2D eigenvalue weighted by Crippen LogP contribution is -2.53. The molecule has 2 aliphatic heterocycles. The van der Waals surface area contributed by atoms with Gasteiger partial charge in [0, 0.05) is 69.0 Å². The molecule has 6 rings (SSSR count). The predicted octanol–water partition coefficient (Wildman–Crippen LogP) is 2.62. The van der Waals surface area contributed by atoms with Gasteiger partial charge in [-0.2, -0.15) is 0 Å². The van der Waals surface area contributed by atoms with Gasteiger partial charge in [-0.05, 0) is 35.7 Å². The minimum Gasteiger partial charge on any atom is -0.351 e. The molecule has 0 radical (unpaired) electrons. The number of rotatable bonds is 4. The fourth-order valence-corrected chi connectivity index (χ4v) is 6.64. The molecular weight excluding hydrogens is 526 g/mol. The van der Waals surface area contributed by atoms with Crippen molar-refractivity contribution in [3.63, 3.8) is 0 Å². The number of thioether (sulfide) groups is 1. The number of carbonyl (C=O) groups is 2. The lowest BCUT2D eigenvalue weighted by Gasteiger charge is -2.39. The van der Waals surface area contributed by atoms with Gasteiger partial charge in [0.25, 0.3) is 5.56 Å². The van der Waals surface area contributed by atoms with Crippen molar-refractivity contribution < 1.29 is 9.59 Å². The number of hydrogen-bond donors (Lipinski definition) is 1. The van der Waals surface area contributed by atoms with Crippen molar-refractivity contribution in [2.75, 3.05) is 30.3 Å². The molecule has 206 valence electrons. The van der Waals surface area contributed by atoms with Gasteiger partial charge in [0.2, 0.25) is 17.8 Å². The summed E-state index contributed by atoms with van der Waals surface area (Å²) in [6, 6.07) is 12.0. The zero-order chi connectivity index (χ0) is 28.0. The fourth-order valence-electron chi connectivity index (χ4n) is 5.61. The molecule has 2 aromatic heterocycles. The van der Waals surface area contributed by atoms with E-state index in [0.717, 1.165) is 32.7 Å². The molecule has 0 saturated carbocycles. The molecule has 2 aliphatic rings. The van der Waals surface area contributed by atoms with Crippen molar-refractivity contribution in [1.82, 2.24) is 29.5 Å². The summed E-state index contributed by atoms with van der Waals surface area (Å²) in [7, 11) is 1.78. The number of amides is 2. The highest BCUT2D eigenvalue weighted by molar-refractivity contribution is 8.00. The SMILES string of the molecule is CC(=O)N1CCN(c2ncc(-c3ccc4c(=O)n(C)n(Cc5cccc6c5SCC(=O)NC6)c4c3)cn2)C[C@H]1C. The van der Waals surface area contributed by atoms with Crippen LogP contribution in [-0.2, 0) is 29.7 Å². The van der Waals surface area contributed by atoms with E-state index in [0.29, 0.717) is 49.8 Å². The summed E-state index contributed by atoms with van der Waals surface area (Å²) < 4.78 is 3.64. The van der Waals surface area contributed by atoms with E-state index in [2.05, 4.69) is 26.3 Å². The fraction of sp³-hybridized carbons (Fsp3) is 0.345. The number of anilines is 1. The summed E-state index contributed by atoms with van der Waals surface area (Å²) in [6.45, 7) is 6.69. The zero-order valence-electron chi connectivity index (χ0n) is 22.8. The van der Waals surface area contributed by atoms with Gasteiger partial charge >= 0.3 is 0 Å². The third-order valence-electron chi connectivity index (χ3n) is 7.77. The first kappa shape index (κ1) is 26.1. The molecule has 1 saturated heterocycles. The lowest BCUT2D eigenvalue weighted by atomic mass is 10.1. The van der Waals surface area contributed by atoms with E-state index in [9.17, 15) is 14.4 Å². The van der Waals surface area contributed by atoms with Crippen molar-refractivity contribution in [3.8, 4) is 11.1 Å². The maximum atomic E-state index is 13.1. The number of nitrogens with one attached hydrogen (secondary N) is 1. The third kappa shape index (κ3) is 4.74. The highest BCUT2D eigenvalue weighted by atomic mass is 32.2. The number of benzene rings is 2. The van der Waals surface area contributed by atoms with Crippen LogP contribution in [0.3, 0.4) is 0 Å². The van der Waals surface area contributed by atoms with Gasteiger partial charge in [0.1, 0.15) is 0 Å². The standard InChI is InChI=1S/C29H31N7O3S/c1-18-15-34(9-10-35(18)19(2)37)29-31-13-23(14-32-29)20-7-8-24-25(11-20)36(33(3)28(24)39)16-22-6-4-5-21-12-30-26(38)17-40-27(21)22/h4-8,11,13-14,18H,9-10,12,15-17H2,1-3H3,(H,30,38)/t18-/m1/s1. The average molecular weight is 558 g/mol. The Morgan fingerprint density at radius 1 is 1.10 bits per heavy atom. The highest BCUT2D eigenvalue weighted by Gasteiger charge is 2.26. The third-order valence-corrected chi connectivity index (χ3v) is 8.99. The smallest absolute Gasteiger partial charge is 0.274 e. The molecule has 1 N–H and O–H groups in total. The Hall–Kier alpha value is -4.12. The Morgan fingerprint density at radius 2 is 1.90 bits per heavy atom. The molecule has 0 unspecified atom stereocenters. The van der Waals surface area contributed by atoms with E-state index >= 15 is 0 Å². The van der Waals surface area contributed by atoms with E-state index in [4.69, 9.17) is 0 Å². The van der Waals surface area contributed by atoms with Crippen molar-refractivity contribution in [2.45, 2.75) is 37.9 Å². The Bertz CT molecular complexity index is 1680. The Balaban J connectivity index is 1.30. The predicted molar refractivity (Wildman–Crippen MR) is 155 cm³/mol. The van der Waals surface area contributed by atoms with Crippen LogP contribution in [0, 0.1) is 0 Å². The summed E-state index contributed by atoms with van der Waals surface area (Å²) in [4.78, 5) is 51.3. The number of piperazine rings is 1. The first-order valence-electron chi connectivity index (χ1n) is 13.3. The molecule has 0 spiro atoms. The molecule has 1 fully saturated rings. The molecule has 11 heteroatoms. The van der Waals surface area contributed by atoms with Crippen molar-refractivity contribution >= 4 is 40.4 Å². The van der Waals surface area contributed by atoms with Crippen LogP contribution in [0.2, 0.25) is 0 Å². The lowest BCUT2D eigenvalue weighted by molar-refractivity contribution is -0.131. The average Bonchev–Trinajstić information content (AvgIpc) is 3.07. The van der Waals surface area contributed by atoms with Gasteiger partial charge < -0.3 is 15.1 Å². The van der Waals surface area contributed by atoms with Crippen LogP contribution in [0.4, 0.5) is 5.95 Å². The molecule has 2 amide bonds. The number of nitrogens with zero attached hydrogens (tertiary/aromatic N) is 6. The molecular formula is C29H31N7O3S. The molecule has 2 aromatic carbocycles. The molecule has 0 bridgehead atoms. The van der Waals surface area contributed by atoms with Gasteiger partial charge in [-0.25, -0.2) is 9.97 Å². The van der Waals surface area contributed by atoms with E-state index in [1.54, 1.807) is 30.4 Å². The molecule has 0 aliphatic carbocycles. The number of aromatic nitrogens is 4. The maximum absolute atomic E-state index is 13.1. The van der Waals surface area contributed by atoms with Crippen molar-refractivity contribution in [1.29, 1.82) is 0 Å². The largest absolute Gasteiger partial charge is 0.351 e. The van der Waals surface area contributed by atoms with Crippen LogP contribution >= 0.6 is 11.8 Å². The summed E-state index contributed by atoms with van der Waals surface area (Å²) >= 11 is 1.54. The summed E-state index contributed by atoms with van der Waals surface area (Å²) in [6.07, 6.45) is 3.63. The monoisotopic (exact) mass is 557 g/mol. The minimum absolute atomic E-state index is 0.0247. The molecule has 10 nitrogen and oxygen atoms in total. The van der Waals surface area contributed by atoms with Gasteiger partial charge in [0.05, 0.1) is 23.2 Å². The van der Waals surface area contributed by atoms with Crippen LogP contribution in [-0.4, -0.2) is 67.5 Å². The minimum atomic E-state index is -0.0570. The normalized spacial score (nSPS) is 17.5. The van der Waals surface area contributed by atoms with E-state index in [1.165, 1.54) is 0 Å². The van der Waals surface area contributed by atoms with Crippen molar-refractivity contribution in [2.24, 2.45) is 7.05 Å². The molecule has 40 heavy (non-hydrogen) atoms. The van der Waals surface area contributed by atoms with Gasteiger partial charge in [0.15, 0.2) is 0 Å². The Labute approximate surface area is 236 Å². The van der Waals surface area contributed by atoms with E-state index in [1.807, 2.05) is 59.2 Å². The number of hydrogen-bond acceptors (Lipinski definition) is 7. The van der Waals surface area contributed by atoms with E-state index < -0.39 is 0 Å². The summed E-state index contributed by atoms with van der Waals surface area (Å²) in [5.74, 6) is 1.14. The summed E-state index contributed by atoms with van der Waals surface area (Å²) in [5.41, 5.74) is 4.71. The van der Waals surface area contributed by atoms with Gasteiger partial charge in [-0.1, -0.05) is 24.3 Å². The second kappa shape index (κ2) is 10.5. The van der Waals surface area contributed by atoms with Gasteiger partial charge in [-0.15, -0.1) is 11.8 Å². The topological polar surface area (TPSA) is 105 Å². The van der Waals surface area contributed by atoms with Crippen LogP contribution in [0.15, 0.2) is 58.5 Å². The summed E-state index contributed by atoms with van der Waals surface area (Å²) in [5, 5.41) is 3.59. The van der Waals surface area contributed by atoms with Gasteiger partial charge in [-0.3, -0.25) is 23.7 Å². The second-order valence-electron chi connectivity index (χ2n) is 10.4. The quantitative estimate of drug-likeness (QED) is 0.411. The Morgan fingerprint density at radius 3 is 2.65 bits per heavy atom. The second-order valence-corrected chi connectivity index (χ2v) is 11.4. The molecule has 4 heterocycles. The number of carbonyl (C=O) groups excluding carboxylic acids is 2. The van der Waals surface area contributed by atoms with Crippen LogP contribution in [0.5, 0.6) is 0 Å². The van der Waals surface area contributed by atoms with E-state index in [-0.39, 0.29) is 23.4 Å². The Kier molecular flexibility index (Phi) is 6.83. The van der Waals surface area contributed by atoms with Crippen LogP contribution < -0.4 is 15.8 Å². The first-order valence-corrected chi connectivity index (χ1v) is 14.3. The van der Waals surface area contributed by atoms with Crippen molar-refractivity contribution in [3.05, 3.63) is 70.3 Å². The number of fused-ring (bicyclic) bond motifs is 2. The molecule has 4 aromatic rings.